The number of hydrogen-bond donors (Lipinski definition) is 1. The molecular formula is C13H17NO2. The number of nitrogens with one attached hydrogen (secondary N) is 1. The molecule has 1 fully saturated rings. The minimum atomic E-state index is 0.136. The highest BCUT2D eigenvalue weighted by molar-refractivity contribution is 5.94. The molecule has 1 N–H and O–H groups in total. The van der Waals surface area contributed by atoms with Crippen LogP contribution in [0, 0.1) is 11.8 Å². The van der Waals surface area contributed by atoms with Crippen LogP contribution in [0.5, 0.6) is 5.75 Å². The Kier molecular flexibility index (Phi) is 3.13. The molecule has 0 saturated heterocycles. The van der Waals surface area contributed by atoms with Gasteiger partial charge in [-0.05, 0) is 43.5 Å². The van der Waals surface area contributed by atoms with Crippen LogP contribution in [0.25, 0.3) is 0 Å². The molecule has 0 radical (unpaired) electrons. The fourth-order valence-electron chi connectivity index (χ4n) is 1.72. The zero-order valence-electron chi connectivity index (χ0n) is 9.69. The van der Waals surface area contributed by atoms with E-state index in [0.717, 1.165) is 17.9 Å². The largest absolute Gasteiger partial charge is 0.494 e. The van der Waals surface area contributed by atoms with Gasteiger partial charge in [0.1, 0.15) is 5.75 Å². The van der Waals surface area contributed by atoms with Crippen molar-refractivity contribution in [3.8, 4) is 5.75 Å². The predicted molar refractivity (Wildman–Crippen MR) is 63.5 cm³/mol. The summed E-state index contributed by atoms with van der Waals surface area (Å²) in [5.41, 5.74) is 0.840. The van der Waals surface area contributed by atoms with Crippen molar-refractivity contribution < 1.29 is 9.53 Å². The molecular weight excluding hydrogens is 202 g/mol. The van der Waals surface area contributed by atoms with Crippen molar-refractivity contribution in [2.75, 3.05) is 11.9 Å². The van der Waals surface area contributed by atoms with Gasteiger partial charge in [-0.3, -0.25) is 4.79 Å². The van der Waals surface area contributed by atoms with Gasteiger partial charge < -0.3 is 10.1 Å². The summed E-state index contributed by atoms with van der Waals surface area (Å²) < 4.78 is 5.33. The Balaban J connectivity index is 1.92. The summed E-state index contributed by atoms with van der Waals surface area (Å²) in [6.07, 6.45) is 1.02. The van der Waals surface area contributed by atoms with Crippen LogP contribution < -0.4 is 10.1 Å². The van der Waals surface area contributed by atoms with E-state index in [2.05, 4.69) is 12.2 Å². The molecule has 3 heteroatoms. The molecule has 0 aromatic heterocycles. The molecule has 0 bridgehead atoms. The number of ether oxygens (including phenoxy) is 1. The predicted octanol–water partition coefficient (Wildman–Crippen LogP) is 2.68. The molecule has 1 aliphatic carbocycles. The summed E-state index contributed by atoms with van der Waals surface area (Å²) in [6, 6.07) is 7.48. The minimum absolute atomic E-state index is 0.136. The van der Waals surface area contributed by atoms with Gasteiger partial charge >= 0.3 is 0 Å². The number of anilines is 1. The summed E-state index contributed by atoms with van der Waals surface area (Å²) in [6.45, 7) is 4.71. The maximum absolute atomic E-state index is 11.7. The Hall–Kier alpha value is -1.51. The zero-order valence-corrected chi connectivity index (χ0v) is 9.69. The molecule has 0 heterocycles. The summed E-state index contributed by atoms with van der Waals surface area (Å²) in [4.78, 5) is 11.7. The fourth-order valence-corrected chi connectivity index (χ4v) is 1.72. The molecule has 1 aromatic carbocycles. The number of benzene rings is 1. The average Bonchev–Trinajstić information content (AvgIpc) is 2.99. The van der Waals surface area contributed by atoms with E-state index in [0.29, 0.717) is 12.5 Å². The van der Waals surface area contributed by atoms with E-state index in [1.165, 1.54) is 0 Å². The van der Waals surface area contributed by atoms with E-state index in [4.69, 9.17) is 4.74 Å². The lowest BCUT2D eigenvalue weighted by atomic mass is 10.2. The normalized spacial score (nSPS) is 22.6. The van der Waals surface area contributed by atoms with E-state index in [-0.39, 0.29) is 11.8 Å². The van der Waals surface area contributed by atoms with Crippen LogP contribution in [0.4, 0.5) is 5.69 Å². The first-order valence-electron chi connectivity index (χ1n) is 5.74. The van der Waals surface area contributed by atoms with E-state index in [1.54, 1.807) is 0 Å². The van der Waals surface area contributed by atoms with Gasteiger partial charge in [0.2, 0.25) is 5.91 Å². The second-order valence-corrected chi connectivity index (χ2v) is 4.27. The number of carbonyl (C=O) groups is 1. The second-order valence-electron chi connectivity index (χ2n) is 4.27. The molecule has 0 aliphatic heterocycles. The topological polar surface area (TPSA) is 38.3 Å². The smallest absolute Gasteiger partial charge is 0.227 e. The lowest BCUT2D eigenvalue weighted by molar-refractivity contribution is -0.117. The van der Waals surface area contributed by atoms with E-state index in [9.17, 15) is 4.79 Å². The Morgan fingerprint density at radius 2 is 2.06 bits per heavy atom. The van der Waals surface area contributed by atoms with E-state index >= 15 is 0 Å². The Morgan fingerprint density at radius 3 is 2.56 bits per heavy atom. The van der Waals surface area contributed by atoms with Gasteiger partial charge in [0.15, 0.2) is 0 Å². The second kappa shape index (κ2) is 4.56. The average molecular weight is 219 g/mol. The van der Waals surface area contributed by atoms with Crippen molar-refractivity contribution >= 4 is 11.6 Å². The molecule has 2 rings (SSSR count). The van der Waals surface area contributed by atoms with Crippen molar-refractivity contribution in [2.45, 2.75) is 20.3 Å². The summed E-state index contributed by atoms with van der Waals surface area (Å²) in [5.74, 6) is 1.73. The first-order chi connectivity index (χ1) is 7.70. The van der Waals surface area contributed by atoms with E-state index in [1.807, 2.05) is 31.2 Å². The van der Waals surface area contributed by atoms with Gasteiger partial charge in [0.05, 0.1) is 6.61 Å². The molecule has 3 nitrogen and oxygen atoms in total. The van der Waals surface area contributed by atoms with Gasteiger partial charge in [0, 0.05) is 11.6 Å². The first kappa shape index (κ1) is 11.0. The standard InChI is InChI=1S/C13H17NO2/c1-3-16-11-6-4-10(5-7-11)14-13(15)12-8-9(12)2/h4-7,9,12H,3,8H2,1-2H3,(H,14,15)/t9-,12+/m0/s1. The Morgan fingerprint density at radius 1 is 1.44 bits per heavy atom. The van der Waals surface area contributed by atoms with Crippen molar-refractivity contribution in [1.29, 1.82) is 0 Å². The van der Waals surface area contributed by atoms with Gasteiger partial charge in [-0.2, -0.15) is 0 Å². The third kappa shape index (κ3) is 2.54. The van der Waals surface area contributed by atoms with Crippen molar-refractivity contribution in [3.63, 3.8) is 0 Å². The number of amides is 1. The summed E-state index contributed by atoms with van der Waals surface area (Å²) in [7, 11) is 0. The monoisotopic (exact) mass is 219 g/mol. The van der Waals surface area contributed by atoms with Crippen LogP contribution in [0.3, 0.4) is 0 Å². The molecule has 1 amide bonds. The van der Waals surface area contributed by atoms with Crippen LogP contribution in [0.2, 0.25) is 0 Å². The van der Waals surface area contributed by atoms with Crippen molar-refractivity contribution in [2.24, 2.45) is 11.8 Å². The zero-order chi connectivity index (χ0) is 11.5. The van der Waals surface area contributed by atoms with Crippen LogP contribution in [0.15, 0.2) is 24.3 Å². The highest BCUT2D eigenvalue weighted by atomic mass is 16.5. The van der Waals surface area contributed by atoms with Crippen LogP contribution in [-0.2, 0) is 4.79 Å². The van der Waals surface area contributed by atoms with Gasteiger partial charge in [0.25, 0.3) is 0 Å². The van der Waals surface area contributed by atoms with Crippen LogP contribution in [-0.4, -0.2) is 12.5 Å². The lowest BCUT2D eigenvalue weighted by Crippen LogP contribution is -2.14. The number of carbonyl (C=O) groups excluding carboxylic acids is 1. The minimum Gasteiger partial charge on any atom is -0.494 e. The number of rotatable bonds is 4. The molecule has 16 heavy (non-hydrogen) atoms. The molecule has 2 atom stereocenters. The Labute approximate surface area is 95.8 Å². The maximum Gasteiger partial charge on any atom is 0.227 e. The molecule has 0 spiro atoms. The highest BCUT2D eigenvalue weighted by Crippen LogP contribution is 2.38. The van der Waals surface area contributed by atoms with E-state index < -0.39 is 0 Å². The third-order valence-corrected chi connectivity index (χ3v) is 2.88. The van der Waals surface area contributed by atoms with Crippen LogP contribution in [0.1, 0.15) is 20.3 Å². The highest BCUT2D eigenvalue weighted by Gasteiger charge is 2.38. The molecule has 1 aliphatic rings. The van der Waals surface area contributed by atoms with Gasteiger partial charge in [-0.1, -0.05) is 6.92 Å². The fraction of sp³-hybridized carbons (Fsp3) is 0.462. The maximum atomic E-state index is 11.7. The Bertz CT molecular complexity index is 372. The summed E-state index contributed by atoms with van der Waals surface area (Å²) in [5, 5.41) is 2.91. The SMILES string of the molecule is CCOc1ccc(NC(=O)[C@@H]2C[C@@H]2C)cc1. The van der Waals surface area contributed by atoms with Gasteiger partial charge in [-0.15, -0.1) is 0 Å². The molecule has 0 unspecified atom stereocenters. The summed E-state index contributed by atoms with van der Waals surface area (Å²) >= 11 is 0. The van der Waals surface area contributed by atoms with Crippen LogP contribution >= 0.6 is 0 Å². The lowest BCUT2D eigenvalue weighted by Gasteiger charge is -2.06. The quantitative estimate of drug-likeness (QED) is 0.845. The first-order valence-corrected chi connectivity index (χ1v) is 5.74. The molecule has 1 aromatic rings. The third-order valence-electron chi connectivity index (χ3n) is 2.88. The van der Waals surface area contributed by atoms with Crippen molar-refractivity contribution in [1.82, 2.24) is 0 Å². The molecule has 86 valence electrons. The van der Waals surface area contributed by atoms with Gasteiger partial charge in [-0.25, -0.2) is 0 Å². The number of hydrogen-bond acceptors (Lipinski definition) is 2. The van der Waals surface area contributed by atoms with Crippen molar-refractivity contribution in [3.05, 3.63) is 24.3 Å². The molecule has 1 saturated carbocycles.